The number of carbonyl (C=O) groups excluding carboxylic acids is 2. The van der Waals surface area contributed by atoms with Crippen molar-refractivity contribution in [2.45, 2.75) is 12.5 Å². The molecule has 1 saturated heterocycles. The minimum Gasteiger partial charge on any atom is -0.469 e. The van der Waals surface area contributed by atoms with E-state index in [0.29, 0.717) is 6.07 Å². The lowest BCUT2D eigenvalue weighted by Crippen LogP contribution is -2.26. The molecule has 1 heterocycles. The lowest BCUT2D eigenvalue weighted by molar-refractivity contribution is -0.146. The molecule has 0 bridgehead atoms. The van der Waals surface area contributed by atoms with Crippen molar-refractivity contribution in [1.82, 2.24) is 5.32 Å². The Balaban J connectivity index is 2.35. The Kier molecular flexibility index (Phi) is 3.27. The van der Waals surface area contributed by atoms with Crippen LogP contribution < -0.4 is 5.32 Å². The van der Waals surface area contributed by atoms with Crippen LogP contribution in [0.25, 0.3) is 0 Å². The minimum absolute atomic E-state index is 0.0614. The molecule has 1 aliphatic rings. The Morgan fingerprint density at radius 1 is 1.44 bits per heavy atom. The van der Waals surface area contributed by atoms with Crippen LogP contribution in [-0.2, 0) is 14.3 Å². The number of benzene rings is 1. The van der Waals surface area contributed by atoms with E-state index in [-0.39, 0.29) is 17.9 Å². The fraction of sp³-hybridized carbons (Fsp3) is 0.333. The van der Waals surface area contributed by atoms with E-state index >= 15 is 0 Å². The molecule has 96 valence electrons. The zero-order valence-electron chi connectivity index (χ0n) is 9.57. The summed E-state index contributed by atoms with van der Waals surface area (Å²) in [7, 11) is 1.20. The van der Waals surface area contributed by atoms with Crippen molar-refractivity contribution in [3.8, 4) is 0 Å². The van der Waals surface area contributed by atoms with E-state index in [1.807, 2.05) is 0 Å². The van der Waals surface area contributed by atoms with Crippen LogP contribution in [0.5, 0.6) is 0 Å². The van der Waals surface area contributed by atoms with E-state index in [9.17, 15) is 18.4 Å². The summed E-state index contributed by atoms with van der Waals surface area (Å²) in [5.41, 5.74) is 0.0812. The summed E-state index contributed by atoms with van der Waals surface area (Å²) in [6.07, 6.45) is -0.0614. The van der Waals surface area contributed by atoms with E-state index in [1.165, 1.54) is 13.2 Å². The number of carbonyl (C=O) groups is 2. The van der Waals surface area contributed by atoms with Gasteiger partial charge in [0.15, 0.2) is 0 Å². The van der Waals surface area contributed by atoms with Crippen LogP contribution in [0.4, 0.5) is 8.78 Å². The molecule has 4 nitrogen and oxygen atoms in total. The monoisotopic (exact) mass is 255 g/mol. The number of hydrogen-bond acceptors (Lipinski definition) is 3. The molecule has 1 aromatic rings. The maximum Gasteiger partial charge on any atom is 0.311 e. The third-order valence-corrected chi connectivity index (χ3v) is 2.93. The second-order valence-corrected chi connectivity index (χ2v) is 4.04. The molecule has 18 heavy (non-hydrogen) atoms. The molecule has 2 unspecified atom stereocenters. The first-order valence-electron chi connectivity index (χ1n) is 5.35. The van der Waals surface area contributed by atoms with Gasteiger partial charge in [-0.3, -0.25) is 9.59 Å². The van der Waals surface area contributed by atoms with Gasteiger partial charge in [0.05, 0.1) is 19.1 Å². The van der Waals surface area contributed by atoms with Crippen LogP contribution in [-0.4, -0.2) is 19.0 Å². The third kappa shape index (κ3) is 2.18. The normalized spacial score (nSPS) is 22.7. The van der Waals surface area contributed by atoms with Gasteiger partial charge in [0.1, 0.15) is 11.6 Å². The van der Waals surface area contributed by atoms with Crippen LogP contribution in [0, 0.1) is 17.6 Å². The molecule has 0 saturated carbocycles. The zero-order chi connectivity index (χ0) is 13.3. The number of nitrogens with one attached hydrogen (secondary N) is 1. The quantitative estimate of drug-likeness (QED) is 0.811. The van der Waals surface area contributed by atoms with Crippen molar-refractivity contribution >= 4 is 11.9 Å². The van der Waals surface area contributed by atoms with Crippen molar-refractivity contribution in [2.75, 3.05) is 7.11 Å². The number of esters is 1. The highest BCUT2D eigenvalue weighted by molar-refractivity contribution is 5.87. The third-order valence-electron chi connectivity index (χ3n) is 2.93. The number of amides is 1. The molecule has 1 fully saturated rings. The van der Waals surface area contributed by atoms with Gasteiger partial charge >= 0.3 is 5.97 Å². The highest BCUT2D eigenvalue weighted by Gasteiger charge is 2.40. The van der Waals surface area contributed by atoms with Crippen molar-refractivity contribution in [3.63, 3.8) is 0 Å². The minimum atomic E-state index is -0.814. The molecule has 0 aliphatic carbocycles. The molecule has 6 heteroatoms. The maximum absolute atomic E-state index is 13.6. The summed E-state index contributed by atoms with van der Waals surface area (Å²) in [5.74, 6) is -3.25. The SMILES string of the molecule is COC(=O)C1CC(=O)NC1c1ccc(F)cc1F. The molecule has 2 rings (SSSR count). The summed E-state index contributed by atoms with van der Waals surface area (Å²) in [5, 5.41) is 2.49. The Morgan fingerprint density at radius 3 is 2.78 bits per heavy atom. The van der Waals surface area contributed by atoms with Crippen molar-refractivity contribution in [1.29, 1.82) is 0 Å². The van der Waals surface area contributed by atoms with E-state index < -0.39 is 29.6 Å². The van der Waals surface area contributed by atoms with Gasteiger partial charge in [-0.05, 0) is 6.07 Å². The summed E-state index contributed by atoms with van der Waals surface area (Å²) < 4.78 is 31.0. The molecule has 1 aliphatic heterocycles. The summed E-state index contributed by atoms with van der Waals surface area (Å²) in [4.78, 5) is 22.8. The molecule has 2 atom stereocenters. The first kappa shape index (κ1) is 12.5. The second-order valence-electron chi connectivity index (χ2n) is 4.04. The van der Waals surface area contributed by atoms with Gasteiger partial charge in [0.2, 0.25) is 5.91 Å². The molecule has 0 aromatic heterocycles. The predicted octanol–water partition coefficient (Wildman–Crippen LogP) is 1.31. The molecule has 0 spiro atoms. The number of hydrogen-bond donors (Lipinski definition) is 1. The number of methoxy groups -OCH3 is 1. The predicted molar refractivity (Wildman–Crippen MR) is 57.4 cm³/mol. The fourth-order valence-electron chi connectivity index (χ4n) is 2.07. The summed E-state index contributed by atoms with van der Waals surface area (Å²) >= 11 is 0. The molecule has 1 amide bonds. The topological polar surface area (TPSA) is 55.4 Å². The van der Waals surface area contributed by atoms with Crippen LogP contribution in [0.1, 0.15) is 18.0 Å². The fourth-order valence-corrected chi connectivity index (χ4v) is 2.07. The second kappa shape index (κ2) is 4.72. The van der Waals surface area contributed by atoms with E-state index in [4.69, 9.17) is 0 Å². The summed E-state index contributed by atoms with van der Waals surface area (Å²) in [6, 6.07) is 2.20. The van der Waals surface area contributed by atoms with E-state index in [1.54, 1.807) is 0 Å². The van der Waals surface area contributed by atoms with Gasteiger partial charge in [0.25, 0.3) is 0 Å². The van der Waals surface area contributed by atoms with Crippen molar-refractivity contribution < 1.29 is 23.1 Å². The molecular formula is C12H11F2NO3. The molecular weight excluding hydrogens is 244 g/mol. The van der Waals surface area contributed by atoms with Gasteiger partial charge in [-0.25, -0.2) is 8.78 Å². The first-order chi connectivity index (χ1) is 8.52. The number of halogens is 2. The number of rotatable bonds is 2. The lowest BCUT2D eigenvalue weighted by Gasteiger charge is -2.17. The van der Waals surface area contributed by atoms with E-state index in [0.717, 1.165) is 6.07 Å². The van der Waals surface area contributed by atoms with Gasteiger partial charge in [-0.2, -0.15) is 0 Å². The Morgan fingerprint density at radius 2 is 2.17 bits per heavy atom. The van der Waals surface area contributed by atoms with Crippen LogP contribution in [0.3, 0.4) is 0 Å². The molecule has 1 aromatic carbocycles. The molecule has 1 N–H and O–H groups in total. The zero-order valence-corrected chi connectivity index (χ0v) is 9.57. The van der Waals surface area contributed by atoms with Gasteiger partial charge in [0, 0.05) is 18.1 Å². The highest BCUT2D eigenvalue weighted by Crippen LogP contribution is 2.32. The van der Waals surface area contributed by atoms with Gasteiger partial charge in [-0.15, -0.1) is 0 Å². The average Bonchev–Trinajstić information content (AvgIpc) is 2.70. The maximum atomic E-state index is 13.6. The van der Waals surface area contributed by atoms with Gasteiger partial charge in [-0.1, -0.05) is 6.07 Å². The Labute approximate surface area is 102 Å². The largest absolute Gasteiger partial charge is 0.469 e. The molecule has 0 radical (unpaired) electrons. The van der Waals surface area contributed by atoms with Crippen molar-refractivity contribution in [2.24, 2.45) is 5.92 Å². The average molecular weight is 255 g/mol. The smallest absolute Gasteiger partial charge is 0.311 e. The highest BCUT2D eigenvalue weighted by atomic mass is 19.1. The summed E-state index contributed by atoms with van der Waals surface area (Å²) in [6.45, 7) is 0. The lowest BCUT2D eigenvalue weighted by atomic mass is 9.94. The van der Waals surface area contributed by atoms with Gasteiger partial charge < -0.3 is 10.1 Å². The van der Waals surface area contributed by atoms with Crippen LogP contribution in [0.2, 0.25) is 0 Å². The van der Waals surface area contributed by atoms with E-state index in [2.05, 4.69) is 10.1 Å². The van der Waals surface area contributed by atoms with Crippen LogP contribution >= 0.6 is 0 Å². The Hall–Kier alpha value is -1.98. The number of ether oxygens (including phenoxy) is 1. The Bertz CT molecular complexity index is 504. The van der Waals surface area contributed by atoms with Crippen LogP contribution in [0.15, 0.2) is 18.2 Å². The standard InChI is InChI=1S/C12H11F2NO3/c1-18-12(17)8-5-10(16)15-11(8)7-3-2-6(13)4-9(7)14/h2-4,8,11H,5H2,1H3,(H,15,16). The first-order valence-corrected chi connectivity index (χ1v) is 5.35. The van der Waals surface area contributed by atoms with Crippen molar-refractivity contribution in [3.05, 3.63) is 35.4 Å².